The highest BCUT2D eigenvalue weighted by Crippen LogP contribution is 2.47. The summed E-state index contributed by atoms with van der Waals surface area (Å²) in [6.07, 6.45) is -0.909. The summed E-state index contributed by atoms with van der Waals surface area (Å²) in [5.41, 5.74) is 4.21. The van der Waals surface area contributed by atoms with Crippen molar-refractivity contribution in [2.75, 3.05) is 9.96 Å². The molecule has 0 aromatic heterocycles. The van der Waals surface area contributed by atoms with Crippen molar-refractivity contribution >= 4 is 23.2 Å². The van der Waals surface area contributed by atoms with E-state index in [9.17, 15) is 14.7 Å². The van der Waals surface area contributed by atoms with Crippen molar-refractivity contribution in [3.8, 4) is 5.75 Å². The number of hydroxylamine groups is 1. The first kappa shape index (κ1) is 19.3. The van der Waals surface area contributed by atoms with Gasteiger partial charge in [-0.2, -0.15) is 0 Å². The maximum atomic E-state index is 13.6. The van der Waals surface area contributed by atoms with Gasteiger partial charge in [0.1, 0.15) is 11.7 Å². The molecule has 6 nitrogen and oxygen atoms in total. The van der Waals surface area contributed by atoms with E-state index in [0.717, 1.165) is 22.4 Å². The molecule has 3 atom stereocenters. The van der Waals surface area contributed by atoms with Crippen molar-refractivity contribution in [2.45, 2.75) is 26.0 Å². The highest BCUT2D eigenvalue weighted by Gasteiger charge is 2.60. The van der Waals surface area contributed by atoms with E-state index in [4.69, 9.17) is 4.84 Å². The molecule has 3 aromatic carbocycles. The fraction of sp³-hybridized carbons (Fsp3) is 0.200. The standard InChI is InChI=1S/C25H22N2O4/c1-15-8-11-19(14-16(15)2)26-24(29)21-22(17-9-12-20(28)13-10-17)27(31-23(21)25(26)30)18-6-4-3-5-7-18/h3-14,21-23,28H,1-2H3/t21-,22-,23-/m1/s1. The van der Waals surface area contributed by atoms with Crippen LogP contribution in [0.4, 0.5) is 11.4 Å². The average molecular weight is 414 g/mol. The van der Waals surface area contributed by atoms with Gasteiger partial charge >= 0.3 is 0 Å². The number of imide groups is 1. The third-order valence-corrected chi connectivity index (χ3v) is 6.11. The first-order chi connectivity index (χ1) is 15.0. The van der Waals surface area contributed by atoms with E-state index in [1.807, 2.05) is 56.3 Å². The quantitative estimate of drug-likeness (QED) is 0.655. The maximum absolute atomic E-state index is 13.6. The predicted molar refractivity (Wildman–Crippen MR) is 117 cm³/mol. The van der Waals surface area contributed by atoms with Crippen molar-refractivity contribution in [3.63, 3.8) is 0 Å². The second-order valence-electron chi connectivity index (χ2n) is 8.03. The number of nitrogens with zero attached hydrogens (tertiary/aromatic N) is 2. The van der Waals surface area contributed by atoms with Crippen LogP contribution in [0.5, 0.6) is 5.75 Å². The number of rotatable bonds is 3. The minimum atomic E-state index is -0.909. The second-order valence-corrected chi connectivity index (χ2v) is 8.03. The number of amides is 2. The first-order valence-electron chi connectivity index (χ1n) is 10.2. The number of hydrogen-bond donors (Lipinski definition) is 1. The van der Waals surface area contributed by atoms with Crippen LogP contribution in [0.25, 0.3) is 0 Å². The van der Waals surface area contributed by atoms with Crippen LogP contribution >= 0.6 is 0 Å². The predicted octanol–water partition coefficient (Wildman–Crippen LogP) is 4.06. The summed E-state index contributed by atoms with van der Waals surface area (Å²) in [4.78, 5) is 34.2. The summed E-state index contributed by atoms with van der Waals surface area (Å²) >= 11 is 0. The summed E-state index contributed by atoms with van der Waals surface area (Å²) in [5.74, 6) is -1.20. The maximum Gasteiger partial charge on any atom is 0.266 e. The van der Waals surface area contributed by atoms with Crippen LogP contribution in [0.2, 0.25) is 0 Å². The molecule has 2 fully saturated rings. The summed E-state index contributed by atoms with van der Waals surface area (Å²) in [6, 6.07) is 21.2. The minimum Gasteiger partial charge on any atom is -0.508 e. The van der Waals surface area contributed by atoms with Gasteiger partial charge in [-0.1, -0.05) is 36.4 Å². The summed E-state index contributed by atoms with van der Waals surface area (Å²) in [5, 5.41) is 11.4. The number of aryl methyl sites for hydroxylation is 2. The minimum absolute atomic E-state index is 0.135. The lowest BCUT2D eigenvalue weighted by molar-refractivity contribution is -0.126. The Bertz CT molecular complexity index is 1160. The van der Waals surface area contributed by atoms with Crippen LogP contribution in [0.1, 0.15) is 22.7 Å². The number of para-hydroxylation sites is 1. The topological polar surface area (TPSA) is 70.1 Å². The van der Waals surface area contributed by atoms with Crippen molar-refractivity contribution in [3.05, 3.63) is 89.5 Å². The lowest BCUT2D eigenvalue weighted by Gasteiger charge is -2.28. The van der Waals surface area contributed by atoms with Crippen molar-refractivity contribution in [1.29, 1.82) is 0 Å². The molecular weight excluding hydrogens is 392 g/mol. The lowest BCUT2D eigenvalue weighted by atomic mass is 9.90. The molecule has 5 rings (SSSR count). The van der Waals surface area contributed by atoms with E-state index in [1.165, 1.54) is 4.90 Å². The van der Waals surface area contributed by atoms with Crippen LogP contribution in [0, 0.1) is 19.8 Å². The molecule has 0 unspecified atom stereocenters. The monoisotopic (exact) mass is 414 g/mol. The van der Waals surface area contributed by atoms with Gasteiger partial charge < -0.3 is 5.11 Å². The van der Waals surface area contributed by atoms with Crippen LogP contribution in [0.15, 0.2) is 72.8 Å². The van der Waals surface area contributed by atoms with E-state index >= 15 is 0 Å². The molecule has 0 aliphatic carbocycles. The Morgan fingerprint density at radius 3 is 2.19 bits per heavy atom. The lowest BCUT2D eigenvalue weighted by Crippen LogP contribution is -2.37. The highest BCUT2D eigenvalue weighted by atomic mass is 16.7. The smallest absolute Gasteiger partial charge is 0.266 e. The summed E-state index contributed by atoms with van der Waals surface area (Å²) in [7, 11) is 0. The van der Waals surface area contributed by atoms with Crippen LogP contribution in [0.3, 0.4) is 0 Å². The zero-order chi connectivity index (χ0) is 21.7. The van der Waals surface area contributed by atoms with Gasteiger partial charge in [-0.3, -0.25) is 14.4 Å². The number of aromatic hydroxyl groups is 1. The van der Waals surface area contributed by atoms with Gasteiger partial charge in [0.25, 0.3) is 5.91 Å². The molecule has 156 valence electrons. The van der Waals surface area contributed by atoms with Gasteiger partial charge in [0, 0.05) is 0 Å². The number of carbonyl (C=O) groups is 2. The summed E-state index contributed by atoms with van der Waals surface area (Å²) in [6.45, 7) is 3.95. The first-order valence-corrected chi connectivity index (χ1v) is 10.2. The van der Waals surface area contributed by atoms with E-state index in [2.05, 4.69) is 0 Å². The third-order valence-electron chi connectivity index (χ3n) is 6.11. The normalized spacial score (nSPS) is 22.8. The van der Waals surface area contributed by atoms with Gasteiger partial charge in [-0.05, 0) is 66.9 Å². The molecule has 2 aliphatic rings. The Morgan fingerprint density at radius 1 is 0.806 bits per heavy atom. The number of fused-ring (bicyclic) bond motifs is 1. The zero-order valence-electron chi connectivity index (χ0n) is 17.2. The molecule has 2 heterocycles. The SMILES string of the molecule is Cc1ccc(N2C(=O)[C@@H]3[C@@H](c4ccc(O)cc4)N(c4ccccc4)O[C@H]3C2=O)cc1C. The summed E-state index contributed by atoms with van der Waals surface area (Å²) < 4.78 is 0. The molecular formula is C25H22N2O4. The van der Waals surface area contributed by atoms with E-state index < -0.39 is 18.1 Å². The molecule has 0 spiro atoms. The molecule has 2 amide bonds. The number of hydrogen-bond acceptors (Lipinski definition) is 5. The van der Waals surface area contributed by atoms with Gasteiger partial charge in [0.2, 0.25) is 5.91 Å². The Kier molecular flexibility index (Phi) is 4.52. The highest BCUT2D eigenvalue weighted by molar-refractivity contribution is 6.24. The van der Waals surface area contributed by atoms with E-state index in [0.29, 0.717) is 5.69 Å². The number of carbonyl (C=O) groups excluding carboxylic acids is 2. The van der Waals surface area contributed by atoms with E-state index in [1.54, 1.807) is 35.4 Å². The molecule has 6 heteroatoms. The Morgan fingerprint density at radius 2 is 1.52 bits per heavy atom. The Hall–Kier alpha value is -3.64. The molecule has 1 N–H and O–H groups in total. The average Bonchev–Trinajstić information content (AvgIpc) is 3.28. The Balaban J connectivity index is 1.58. The van der Waals surface area contributed by atoms with E-state index in [-0.39, 0.29) is 17.6 Å². The van der Waals surface area contributed by atoms with Crippen molar-refractivity contribution in [2.24, 2.45) is 5.92 Å². The molecule has 0 bridgehead atoms. The fourth-order valence-corrected chi connectivity index (χ4v) is 4.34. The van der Waals surface area contributed by atoms with Crippen LogP contribution < -0.4 is 9.96 Å². The van der Waals surface area contributed by atoms with Crippen LogP contribution in [-0.2, 0) is 14.4 Å². The number of phenols is 1. The molecule has 0 saturated carbocycles. The number of phenolic OH excluding ortho intramolecular Hbond substituents is 1. The molecule has 0 radical (unpaired) electrons. The van der Waals surface area contributed by atoms with Gasteiger partial charge in [0.15, 0.2) is 6.10 Å². The van der Waals surface area contributed by atoms with Gasteiger partial charge in [-0.25, -0.2) is 9.96 Å². The number of benzene rings is 3. The molecule has 3 aromatic rings. The van der Waals surface area contributed by atoms with Crippen molar-refractivity contribution in [1.82, 2.24) is 0 Å². The van der Waals surface area contributed by atoms with Gasteiger partial charge in [-0.15, -0.1) is 0 Å². The molecule has 2 aliphatic heterocycles. The fourth-order valence-electron chi connectivity index (χ4n) is 4.34. The third kappa shape index (κ3) is 3.07. The zero-order valence-corrected chi connectivity index (χ0v) is 17.2. The van der Waals surface area contributed by atoms with Crippen LogP contribution in [-0.4, -0.2) is 23.0 Å². The Labute approximate surface area is 180 Å². The van der Waals surface area contributed by atoms with Crippen molar-refractivity contribution < 1.29 is 19.5 Å². The molecule has 31 heavy (non-hydrogen) atoms. The largest absolute Gasteiger partial charge is 0.508 e. The van der Waals surface area contributed by atoms with Gasteiger partial charge in [0.05, 0.1) is 17.4 Å². The second kappa shape index (κ2) is 7.25. The number of anilines is 2. The molecule has 2 saturated heterocycles.